The topological polar surface area (TPSA) is 68.7 Å². The Morgan fingerprint density at radius 3 is 1.96 bits per heavy atom. The molecule has 1 aliphatic rings. The average molecular weight is 409 g/mol. The van der Waals surface area contributed by atoms with Gasteiger partial charge in [0, 0.05) is 31.9 Å². The maximum atomic E-state index is 10.7. The number of nitrogens with zero attached hydrogens (tertiary/aromatic N) is 3. The van der Waals surface area contributed by atoms with Crippen LogP contribution in [0.25, 0.3) is 0 Å². The Balaban J connectivity index is 0.000000796. The number of thiazole rings is 1. The number of aromatic nitrogens is 1. The van der Waals surface area contributed by atoms with Gasteiger partial charge in [-0.1, -0.05) is 45.5 Å². The highest BCUT2D eigenvalue weighted by atomic mass is 32.1. The Morgan fingerprint density at radius 1 is 1.07 bits per heavy atom. The molecule has 0 amide bonds. The number of piperazine rings is 1. The zero-order chi connectivity index (χ0) is 21.4. The maximum Gasteiger partial charge on any atom is 0.186 e. The van der Waals surface area contributed by atoms with Crippen LogP contribution in [-0.4, -0.2) is 56.7 Å². The molecule has 2 aromatic rings. The predicted octanol–water partition coefficient (Wildman–Crippen LogP) is 4.27. The van der Waals surface area contributed by atoms with Crippen molar-refractivity contribution >= 4 is 28.4 Å². The van der Waals surface area contributed by atoms with E-state index in [1.165, 1.54) is 17.8 Å². The fourth-order valence-corrected chi connectivity index (χ4v) is 3.08. The third-order valence-corrected chi connectivity index (χ3v) is 4.38. The summed E-state index contributed by atoms with van der Waals surface area (Å²) in [4.78, 5) is 20.1. The minimum absolute atomic E-state index is 0.288. The molecule has 28 heavy (non-hydrogen) atoms. The SMILES string of the molecule is CC.CCC.CNC.O=Cc1cnc(N2CCN(c3ccc(O)cc3)CC2)s1. The fourth-order valence-electron chi connectivity index (χ4n) is 2.30. The van der Waals surface area contributed by atoms with Crippen molar-refractivity contribution < 1.29 is 9.90 Å². The van der Waals surface area contributed by atoms with Crippen LogP contribution in [0.15, 0.2) is 30.5 Å². The summed E-state index contributed by atoms with van der Waals surface area (Å²) in [5.41, 5.74) is 1.12. The van der Waals surface area contributed by atoms with Crippen molar-refractivity contribution in [3.8, 4) is 5.75 Å². The highest BCUT2D eigenvalue weighted by Crippen LogP contribution is 2.25. The van der Waals surface area contributed by atoms with Crippen molar-refractivity contribution in [2.75, 3.05) is 50.1 Å². The molecule has 1 aromatic heterocycles. The summed E-state index contributed by atoms with van der Waals surface area (Å²) in [5, 5.41) is 13.0. The van der Waals surface area contributed by atoms with Gasteiger partial charge in [0.2, 0.25) is 0 Å². The molecule has 1 aliphatic heterocycles. The molecule has 7 heteroatoms. The van der Waals surface area contributed by atoms with Gasteiger partial charge in [-0.15, -0.1) is 0 Å². The van der Waals surface area contributed by atoms with Gasteiger partial charge in [-0.05, 0) is 38.4 Å². The number of benzene rings is 1. The summed E-state index contributed by atoms with van der Waals surface area (Å²) in [5.74, 6) is 0.288. The van der Waals surface area contributed by atoms with E-state index in [-0.39, 0.29) is 5.75 Å². The van der Waals surface area contributed by atoms with Gasteiger partial charge in [-0.25, -0.2) is 4.98 Å². The first kappa shape index (κ1) is 25.9. The molecule has 0 saturated carbocycles. The van der Waals surface area contributed by atoms with Crippen LogP contribution < -0.4 is 15.1 Å². The first-order valence-corrected chi connectivity index (χ1v) is 10.7. The number of hydrogen-bond acceptors (Lipinski definition) is 7. The van der Waals surface area contributed by atoms with E-state index in [1.54, 1.807) is 18.3 Å². The molecule has 3 rings (SSSR count). The Bertz CT molecular complexity index is 622. The van der Waals surface area contributed by atoms with E-state index in [9.17, 15) is 9.90 Å². The molecule has 158 valence electrons. The standard InChI is InChI=1S/C14H15N3O2S.C3H8.C2H7N.C2H6/c18-10-13-9-15-14(20-13)17-7-5-16(6-8-17)11-1-3-12(19)4-2-11;2*1-3-2;1-2/h1-4,9-10,19H,5-8H2;3H2,1-2H3;3H,1-2H3;1-2H3. The molecule has 1 aromatic carbocycles. The summed E-state index contributed by atoms with van der Waals surface area (Å²) in [6.45, 7) is 11.8. The van der Waals surface area contributed by atoms with Crippen LogP contribution in [0.3, 0.4) is 0 Å². The van der Waals surface area contributed by atoms with E-state index in [4.69, 9.17) is 0 Å². The molecule has 2 heterocycles. The van der Waals surface area contributed by atoms with Crippen LogP contribution in [0.2, 0.25) is 0 Å². The zero-order valence-corrected chi connectivity index (χ0v) is 18.9. The van der Waals surface area contributed by atoms with E-state index >= 15 is 0 Å². The van der Waals surface area contributed by atoms with Gasteiger partial charge in [0.05, 0.1) is 11.1 Å². The quantitative estimate of drug-likeness (QED) is 0.740. The first-order chi connectivity index (χ1) is 13.6. The van der Waals surface area contributed by atoms with E-state index in [0.29, 0.717) is 4.88 Å². The second kappa shape index (κ2) is 15.9. The summed E-state index contributed by atoms with van der Waals surface area (Å²) >= 11 is 1.43. The largest absolute Gasteiger partial charge is 0.508 e. The van der Waals surface area contributed by atoms with E-state index in [1.807, 2.05) is 40.1 Å². The van der Waals surface area contributed by atoms with Gasteiger partial charge in [0.1, 0.15) is 5.75 Å². The minimum atomic E-state index is 0.288. The Kier molecular flexibility index (Phi) is 14.7. The van der Waals surface area contributed by atoms with Gasteiger partial charge >= 0.3 is 0 Å². The summed E-state index contributed by atoms with van der Waals surface area (Å²) < 4.78 is 0. The number of phenolic OH excluding ortho intramolecular Hbond substituents is 1. The number of aromatic hydroxyl groups is 1. The van der Waals surface area contributed by atoms with Gasteiger partial charge in [0.25, 0.3) is 0 Å². The highest BCUT2D eigenvalue weighted by Gasteiger charge is 2.19. The van der Waals surface area contributed by atoms with Crippen LogP contribution in [0.1, 0.15) is 43.8 Å². The third kappa shape index (κ3) is 9.19. The van der Waals surface area contributed by atoms with Gasteiger partial charge in [0.15, 0.2) is 11.4 Å². The first-order valence-electron chi connectivity index (χ1n) is 9.87. The van der Waals surface area contributed by atoms with Crippen molar-refractivity contribution in [2.45, 2.75) is 34.1 Å². The molecule has 0 atom stereocenters. The molecule has 0 unspecified atom stereocenters. The number of phenols is 1. The van der Waals surface area contributed by atoms with Crippen LogP contribution >= 0.6 is 11.3 Å². The Hall–Kier alpha value is -2.12. The van der Waals surface area contributed by atoms with E-state index in [0.717, 1.165) is 43.3 Å². The molecule has 0 bridgehead atoms. The Morgan fingerprint density at radius 2 is 1.54 bits per heavy atom. The fraction of sp³-hybridized carbons (Fsp3) is 0.524. The number of nitrogens with one attached hydrogen (secondary N) is 1. The zero-order valence-electron chi connectivity index (χ0n) is 18.1. The van der Waals surface area contributed by atoms with Crippen molar-refractivity contribution in [3.63, 3.8) is 0 Å². The van der Waals surface area contributed by atoms with Gasteiger partial charge in [-0.3, -0.25) is 4.79 Å². The molecular weight excluding hydrogens is 372 g/mol. The molecular formula is C21H36N4O2S. The molecule has 0 aliphatic carbocycles. The number of rotatable bonds is 3. The van der Waals surface area contributed by atoms with E-state index in [2.05, 4.69) is 33.9 Å². The van der Waals surface area contributed by atoms with Crippen LogP contribution in [0.5, 0.6) is 5.75 Å². The molecule has 0 spiro atoms. The summed E-state index contributed by atoms with van der Waals surface area (Å²) in [7, 11) is 3.75. The molecule has 0 radical (unpaired) electrons. The number of anilines is 2. The van der Waals surface area contributed by atoms with E-state index < -0.39 is 0 Å². The lowest BCUT2D eigenvalue weighted by molar-refractivity contribution is 0.112. The molecule has 2 N–H and O–H groups in total. The van der Waals surface area contributed by atoms with Crippen molar-refractivity contribution in [1.82, 2.24) is 10.3 Å². The van der Waals surface area contributed by atoms with Gasteiger partial charge < -0.3 is 20.2 Å². The van der Waals surface area contributed by atoms with Crippen molar-refractivity contribution in [3.05, 3.63) is 35.3 Å². The maximum absolute atomic E-state index is 10.7. The normalized spacial score (nSPS) is 12.5. The number of carbonyl (C=O) groups is 1. The lowest BCUT2D eigenvalue weighted by atomic mass is 10.2. The lowest BCUT2D eigenvalue weighted by Crippen LogP contribution is -2.46. The van der Waals surface area contributed by atoms with Crippen molar-refractivity contribution in [1.29, 1.82) is 0 Å². The minimum Gasteiger partial charge on any atom is -0.508 e. The Labute approximate surface area is 174 Å². The second-order valence-electron chi connectivity index (χ2n) is 5.86. The second-order valence-corrected chi connectivity index (χ2v) is 6.90. The highest BCUT2D eigenvalue weighted by molar-refractivity contribution is 7.17. The number of hydrogen-bond donors (Lipinski definition) is 2. The summed E-state index contributed by atoms with van der Waals surface area (Å²) in [6, 6.07) is 7.27. The van der Waals surface area contributed by atoms with Crippen molar-refractivity contribution in [2.24, 2.45) is 0 Å². The number of aldehydes is 1. The monoisotopic (exact) mass is 408 g/mol. The van der Waals surface area contributed by atoms with Crippen LogP contribution in [0.4, 0.5) is 10.8 Å². The molecule has 6 nitrogen and oxygen atoms in total. The average Bonchev–Trinajstić information content (AvgIpc) is 3.21. The molecule has 1 fully saturated rings. The van der Waals surface area contributed by atoms with Gasteiger partial charge in [-0.2, -0.15) is 0 Å². The predicted molar refractivity (Wildman–Crippen MR) is 122 cm³/mol. The lowest BCUT2D eigenvalue weighted by Gasteiger charge is -2.36. The molecule has 1 saturated heterocycles. The third-order valence-electron chi connectivity index (χ3n) is 3.39. The summed E-state index contributed by atoms with van der Waals surface area (Å²) in [6.07, 6.45) is 3.72. The van der Waals surface area contributed by atoms with Crippen LogP contribution in [0, 0.1) is 0 Å². The smallest absolute Gasteiger partial charge is 0.186 e. The number of carbonyl (C=O) groups excluding carboxylic acids is 1. The van der Waals surface area contributed by atoms with Crippen LogP contribution in [-0.2, 0) is 0 Å².